The molecule has 59 valence electrons. The van der Waals surface area contributed by atoms with Crippen molar-refractivity contribution in [3.05, 3.63) is 0 Å². The monoisotopic (exact) mass is 164 g/mol. The molecule has 1 aliphatic heterocycles. The quantitative estimate of drug-likeness (QED) is 0.492. The summed E-state index contributed by atoms with van der Waals surface area (Å²) in [6.45, 7) is 1.99. The van der Waals surface area contributed by atoms with Crippen LogP contribution in [0.2, 0.25) is 0 Å². The highest BCUT2D eigenvalue weighted by atomic mass is 32.2. The molecule has 1 rings (SSSR count). The lowest BCUT2D eigenvalue weighted by molar-refractivity contribution is 0.357. The molecule has 1 radical (unpaired) electrons. The first-order chi connectivity index (χ1) is 4.61. The Bertz CT molecular complexity index is 195. The first-order valence-corrected chi connectivity index (χ1v) is 4.52. The summed E-state index contributed by atoms with van der Waals surface area (Å²) < 4.78 is 22.5. The predicted molar refractivity (Wildman–Crippen MR) is 36.5 cm³/mol. The third kappa shape index (κ3) is 1.91. The minimum Gasteiger partial charge on any atom is -0.239 e. The normalized spacial score (nSPS) is 22.9. The van der Waals surface area contributed by atoms with Crippen molar-refractivity contribution < 1.29 is 8.42 Å². The van der Waals surface area contributed by atoms with Crippen LogP contribution in [0.1, 0.15) is 0 Å². The molecule has 1 fully saturated rings. The van der Waals surface area contributed by atoms with Crippen molar-refractivity contribution in [2.75, 3.05) is 26.2 Å². The van der Waals surface area contributed by atoms with E-state index in [0.29, 0.717) is 26.2 Å². The van der Waals surface area contributed by atoms with Gasteiger partial charge in [0, 0.05) is 26.2 Å². The molecule has 0 amide bonds. The summed E-state index contributed by atoms with van der Waals surface area (Å²) >= 11 is 0. The van der Waals surface area contributed by atoms with E-state index < -0.39 is 10.2 Å². The van der Waals surface area contributed by atoms with E-state index in [-0.39, 0.29) is 0 Å². The van der Waals surface area contributed by atoms with Gasteiger partial charge in [0.2, 0.25) is 0 Å². The van der Waals surface area contributed by atoms with Gasteiger partial charge in [-0.25, -0.2) is 10.5 Å². The fourth-order valence-electron chi connectivity index (χ4n) is 0.843. The first kappa shape index (κ1) is 7.93. The topological polar surface area (TPSA) is 77.5 Å². The van der Waals surface area contributed by atoms with Gasteiger partial charge in [-0.3, -0.25) is 0 Å². The van der Waals surface area contributed by atoms with Gasteiger partial charge in [-0.1, -0.05) is 0 Å². The standard InChI is InChI=1S/C4H10N3O2S/c5-10(8,9)7-3-1-6-2-4-7/h1-4H2,(H2,5,8,9). The van der Waals surface area contributed by atoms with E-state index in [2.05, 4.69) is 5.32 Å². The Morgan fingerprint density at radius 1 is 1.30 bits per heavy atom. The van der Waals surface area contributed by atoms with Crippen LogP contribution in [0.5, 0.6) is 0 Å². The van der Waals surface area contributed by atoms with Gasteiger partial charge in [-0.2, -0.15) is 12.7 Å². The van der Waals surface area contributed by atoms with Gasteiger partial charge in [-0.05, 0) is 0 Å². The molecule has 2 N–H and O–H groups in total. The Labute approximate surface area is 60.4 Å². The van der Waals surface area contributed by atoms with Gasteiger partial charge in [0.25, 0.3) is 10.2 Å². The SMILES string of the molecule is NS(=O)(=O)N1CC[N]CC1. The van der Waals surface area contributed by atoms with Crippen LogP contribution in [0, 0.1) is 0 Å². The second-order valence-electron chi connectivity index (χ2n) is 2.11. The lowest BCUT2D eigenvalue weighted by Gasteiger charge is -2.22. The highest BCUT2D eigenvalue weighted by molar-refractivity contribution is 7.86. The van der Waals surface area contributed by atoms with E-state index >= 15 is 0 Å². The van der Waals surface area contributed by atoms with Crippen molar-refractivity contribution in [3.8, 4) is 0 Å². The Morgan fingerprint density at radius 2 is 1.80 bits per heavy atom. The Kier molecular flexibility index (Phi) is 2.24. The van der Waals surface area contributed by atoms with Crippen LogP contribution in [0.3, 0.4) is 0 Å². The second kappa shape index (κ2) is 2.83. The molecule has 0 aromatic rings. The van der Waals surface area contributed by atoms with E-state index in [4.69, 9.17) is 5.14 Å². The van der Waals surface area contributed by atoms with Crippen molar-refractivity contribution in [1.82, 2.24) is 9.62 Å². The molecule has 1 aliphatic rings. The zero-order chi connectivity index (χ0) is 7.61. The molecule has 0 atom stereocenters. The predicted octanol–water partition coefficient (Wildman–Crippen LogP) is -1.89. The smallest absolute Gasteiger partial charge is 0.239 e. The number of hydrogen-bond donors (Lipinski definition) is 1. The minimum absolute atomic E-state index is 0.429. The lowest BCUT2D eigenvalue weighted by Crippen LogP contribution is -2.46. The summed E-state index contributed by atoms with van der Waals surface area (Å²) in [6, 6.07) is 0. The Hall–Kier alpha value is -0.170. The van der Waals surface area contributed by atoms with E-state index in [1.165, 1.54) is 4.31 Å². The molecular weight excluding hydrogens is 154 g/mol. The van der Waals surface area contributed by atoms with Crippen LogP contribution in [-0.2, 0) is 10.2 Å². The molecule has 0 bridgehead atoms. The summed E-state index contributed by atoms with van der Waals surface area (Å²) in [5, 5.41) is 8.85. The summed E-state index contributed by atoms with van der Waals surface area (Å²) in [5.41, 5.74) is 0. The maximum Gasteiger partial charge on any atom is 0.276 e. The van der Waals surface area contributed by atoms with E-state index in [0.717, 1.165) is 0 Å². The van der Waals surface area contributed by atoms with Crippen molar-refractivity contribution in [2.24, 2.45) is 5.14 Å². The number of hydrogen-bond acceptors (Lipinski definition) is 2. The summed E-state index contributed by atoms with van der Waals surface area (Å²) in [5.74, 6) is 0. The van der Waals surface area contributed by atoms with Crippen molar-refractivity contribution >= 4 is 10.2 Å². The number of nitrogens with two attached hydrogens (primary N) is 1. The first-order valence-electron chi connectivity index (χ1n) is 3.02. The highest BCUT2D eigenvalue weighted by Crippen LogP contribution is 1.96. The molecule has 6 heteroatoms. The summed E-state index contributed by atoms with van der Waals surface area (Å²) in [6.07, 6.45) is 0. The molecule has 0 saturated carbocycles. The van der Waals surface area contributed by atoms with E-state index in [9.17, 15) is 8.42 Å². The largest absolute Gasteiger partial charge is 0.276 e. The van der Waals surface area contributed by atoms with Crippen LogP contribution in [0.15, 0.2) is 0 Å². The van der Waals surface area contributed by atoms with Gasteiger partial charge >= 0.3 is 0 Å². The zero-order valence-electron chi connectivity index (χ0n) is 5.52. The molecule has 0 unspecified atom stereocenters. The van der Waals surface area contributed by atoms with E-state index in [1.807, 2.05) is 0 Å². The van der Waals surface area contributed by atoms with Gasteiger partial charge in [0.1, 0.15) is 0 Å². The minimum atomic E-state index is -3.45. The van der Waals surface area contributed by atoms with Gasteiger partial charge in [0.05, 0.1) is 0 Å². The molecule has 1 saturated heterocycles. The van der Waals surface area contributed by atoms with Crippen LogP contribution in [-0.4, -0.2) is 38.9 Å². The maximum atomic E-state index is 10.6. The highest BCUT2D eigenvalue weighted by Gasteiger charge is 2.19. The van der Waals surface area contributed by atoms with Crippen LogP contribution >= 0.6 is 0 Å². The van der Waals surface area contributed by atoms with Crippen LogP contribution in [0.4, 0.5) is 0 Å². The van der Waals surface area contributed by atoms with Crippen molar-refractivity contribution in [1.29, 1.82) is 0 Å². The van der Waals surface area contributed by atoms with Crippen molar-refractivity contribution in [3.63, 3.8) is 0 Å². The Balaban J connectivity index is 2.56. The van der Waals surface area contributed by atoms with Gasteiger partial charge in [0.15, 0.2) is 0 Å². The van der Waals surface area contributed by atoms with E-state index in [1.54, 1.807) is 0 Å². The van der Waals surface area contributed by atoms with Gasteiger partial charge < -0.3 is 0 Å². The molecule has 0 aromatic heterocycles. The number of piperazine rings is 1. The van der Waals surface area contributed by atoms with Crippen LogP contribution in [0.25, 0.3) is 0 Å². The molecule has 10 heavy (non-hydrogen) atoms. The molecule has 5 nitrogen and oxygen atoms in total. The number of rotatable bonds is 1. The molecule has 0 aromatic carbocycles. The molecular formula is C4H10N3O2S. The van der Waals surface area contributed by atoms with Crippen molar-refractivity contribution in [2.45, 2.75) is 0 Å². The molecule has 0 spiro atoms. The zero-order valence-corrected chi connectivity index (χ0v) is 6.34. The Morgan fingerprint density at radius 3 is 2.10 bits per heavy atom. The third-order valence-corrected chi connectivity index (χ3v) is 2.46. The number of nitrogens with zero attached hydrogens (tertiary/aromatic N) is 2. The fourth-order valence-corrected chi connectivity index (χ4v) is 1.51. The molecule has 0 aliphatic carbocycles. The fraction of sp³-hybridized carbons (Fsp3) is 1.00. The second-order valence-corrected chi connectivity index (χ2v) is 3.66. The maximum absolute atomic E-state index is 10.6. The average molecular weight is 164 g/mol. The third-order valence-electron chi connectivity index (χ3n) is 1.37. The lowest BCUT2D eigenvalue weighted by atomic mass is 10.4. The summed E-state index contributed by atoms with van der Waals surface area (Å²) in [4.78, 5) is 0. The average Bonchev–Trinajstić information content (AvgIpc) is 1.88. The summed E-state index contributed by atoms with van der Waals surface area (Å²) in [7, 11) is -3.45. The molecule has 1 heterocycles. The van der Waals surface area contributed by atoms with Gasteiger partial charge in [-0.15, -0.1) is 0 Å². The van der Waals surface area contributed by atoms with Crippen LogP contribution < -0.4 is 10.5 Å².